The van der Waals surface area contributed by atoms with Gasteiger partial charge in [0.1, 0.15) is 0 Å². The summed E-state index contributed by atoms with van der Waals surface area (Å²) in [4.78, 5) is 26.0. The van der Waals surface area contributed by atoms with Gasteiger partial charge in [-0.1, -0.05) is 0 Å². The maximum absolute atomic E-state index is 12.7. The first-order valence-corrected chi connectivity index (χ1v) is 9.00. The molecule has 1 fully saturated rings. The molecule has 28 heavy (non-hydrogen) atoms. The molecule has 0 atom stereocenters. The Balaban J connectivity index is 1.37. The minimum Gasteiger partial charge on any atom is -0.465 e. The van der Waals surface area contributed by atoms with Gasteiger partial charge < -0.3 is 18.5 Å². The van der Waals surface area contributed by atoms with Crippen molar-refractivity contribution in [3.63, 3.8) is 0 Å². The van der Waals surface area contributed by atoms with E-state index in [0.29, 0.717) is 41.8 Å². The molecular weight excluding hydrogens is 362 g/mol. The first-order chi connectivity index (χ1) is 13.7. The standard InChI is InChI=1S/C20H19N3O5/c1-26-20(25)15-6-4-14(5-7-15)19(24)23-10-8-13(9-11-23)17-21-22-18(28-17)16-3-2-12-27-16/h2-7,12-13H,8-11H2,1H3. The van der Waals surface area contributed by atoms with Crippen LogP contribution in [0.1, 0.15) is 45.4 Å². The van der Waals surface area contributed by atoms with Crippen molar-refractivity contribution in [3.05, 3.63) is 59.7 Å². The van der Waals surface area contributed by atoms with Gasteiger partial charge in [0.25, 0.3) is 11.8 Å². The molecule has 3 aromatic rings. The number of likely N-dealkylation sites (tertiary alicyclic amines) is 1. The highest BCUT2D eigenvalue weighted by molar-refractivity contribution is 5.96. The Bertz CT molecular complexity index is 954. The van der Waals surface area contributed by atoms with Crippen molar-refractivity contribution in [1.29, 1.82) is 0 Å². The topological polar surface area (TPSA) is 98.7 Å². The molecule has 8 heteroatoms. The normalized spacial score (nSPS) is 14.8. The van der Waals surface area contributed by atoms with Gasteiger partial charge in [0.15, 0.2) is 5.76 Å². The van der Waals surface area contributed by atoms with E-state index < -0.39 is 5.97 Å². The van der Waals surface area contributed by atoms with Crippen LogP contribution in [0.4, 0.5) is 0 Å². The summed E-state index contributed by atoms with van der Waals surface area (Å²) in [6, 6.07) is 10.0. The first-order valence-electron chi connectivity index (χ1n) is 9.00. The summed E-state index contributed by atoms with van der Waals surface area (Å²) < 4.78 is 15.7. The molecule has 0 aliphatic carbocycles. The second-order valence-electron chi connectivity index (χ2n) is 6.56. The van der Waals surface area contributed by atoms with Crippen molar-refractivity contribution in [2.75, 3.05) is 20.2 Å². The zero-order chi connectivity index (χ0) is 19.5. The van der Waals surface area contributed by atoms with Gasteiger partial charge in [-0.05, 0) is 49.2 Å². The van der Waals surface area contributed by atoms with Crippen LogP contribution >= 0.6 is 0 Å². The van der Waals surface area contributed by atoms with Crippen LogP contribution in [0, 0.1) is 0 Å². The van der Waals surface area contributed by atoms with Crippen LogP contribution in [0.2, 0.25) is 0 Å². The van der Waals surface area contributed by atoms with Gasteiger partial charge >= 0.3 is 5.97 Å². The van der Waals surface area contributed by atoms with Crippen LogP contribution < -0.4 is 0 Å². The van der Waals surface area contributed by atoms with E-state index in [2.05, 4.69) is 14.9 Å². The number of amides is 1. The highest BCUT2D eigenvalue weighted by Crippen LogP contribution is 2.30. The smallest absolute Gasteiger partial charge is 0.337 e. The summed E-state index contributed by atoms with van der Waals surface area (Å²) >= 11 is 0. The van der Waals surface area contributed by atoms with E-state index in [-0.39, 0.29) is 11.8 Å². The number of furan rings is 1. The average molecular weight is 381 g/mol. The van der Waals surface area contributed by atoms with Crippen molar-refractivity contribution in [2.45, 2.75) is 18.8 Å². The van der Waals surface area contributed by atoms with E-state index in [1.165, 1.54) is 7.11 Å². The summed E-state index contributed by atoms with van der Waals surface area (Å²) in [7, 11) is 1.33. The fraction of sp³-hybridized carbons (Fsp3) is 0.300. The summed E-state index contributed by atoms with van der Waals surface area (Å²) in [6.07, 6.45) is 3.04. The lowest BCUT2D eigenvalue weighted by Crippen LogP contribution is -2.38. The largest absolute Gasteiger partial charge is 0.465 e. The number of methoxy groups -OCH3 is 1. The Hall–Kier alpha value is -3.42. The van der Waals surface area contributed by atoms with Gasteiger partial charge in [-0.25, -0.2) is 4.79 Å². The van der Waals surface area contributed by atoms with E-state index >= 15 is 0 Å². The molecule has 2 aromatic heterocycles. The van der Waals surface area contributed by atoms with Gasteiger partial charge in [0.05, 0.1) is 18.9 Å². The molecule has 1 saturated heterocycles. The maximum Gasteiger partial charge on any atom is 0.337 e. The third kappa shape index (κ3) is 3.53. The Morgan fingerprint density at radius 2 is 1.79 bits per heavy atom. The number of carbonyl (C=O) groups excluding carboxylic acids is 2. The summed E-state index contributed by atoms with van der Waals surface area (Å²) in [5.41, 5.74) is 0.963. The van der Waals surface area contributed by atoms with Crippen molar-refractivity contribution in [1.82, 2.24) is 15.1 Å². The third-order valence-electron chi connectivity index (χ3n) is 4.86. The molecule has 0 spiro atoms. The molecule has 4 rings (SSSR count). The van der Waals surface area contributed by atoms with Crippen LogP contribution in [0.5, 0.6) is 0 Å². The number of benzene rings is 1. The van der Waals surface area contributed by atoms with Gasteiger partial charge in [-0.15, -0.1) is 10.2 Å². The highest BCUT2D eigenvalue weighted by atomic mass is 16.5. The lowest BCUT2D eigenvalue weighted by molar-refractivity contribution is 0.0599. The van der Waals surface area contributed by atoms with Gasteiger partial charge in [0.2, 0.25) is 5.89 Å². The molecule has 3 heterocycles. The predicted octanol–water partition coefficient (Wildman–Crippen LogP) is 3.14. The molecule has 0 N–H and O–H groups in total. The Kier molecular flexibility index (Phi) is 4.92. The number of ether oxygens (including phenoxy) is 1. The number of carbonyl (C=O) groups is 2. The number of hydrogen-bond donors (Lipinski definition) is 0. The summed E-state index contributed by atoms with van der Waals surface area (Å²) in [5, 5.41) is 8.17. The van der Waals surface area contributed by atoms with Crippen LogP contribution in [-0.2, 0) is 4.74 Å². The molecule has 1 aliphatic rings. The maximum atomic E-state index is 12.7. The van der Waals surface area contributed by atoms with Gasteiger partial charge in [-0.3, -0.25) is 4.79 Å². The van der Waals surface area contributed by atoms with Crippen molar-refractivity contribution in [2.24, 2.45) is 0 Å². The zero-order valence-corrected chi connectivity index (χ0v) is 15.3. The first kappa shape index (κ1) is 18.0. The Morgan fingerprint density at radius 1 is 1.07 bits per heavy atom. The summed E-state index contributed by atoms with van der Waals surface area (Å²) in [5.74, 6) is 1.11. The average Bonchev–Trinajstić information content (AvgIpc) is 3.45. The minimum atomic E-state index is -0.423. The Morgan fingerprint density at radius 3 is 2.43 bits per heavy atom. The second kappa shape index (κ2) is 7.67. The predicted molar refractivity (Wildman–Crippen MR) is 97.7 cm³/mol. The van der Waals surface area contributed by atoms with Crippen LogP contribution in [0.15, 0.2) is 51.5 Å². The fourth-order valence-electron chi connectivity index (χ4n) is 3.28. The zero-order valence-electron chi connectivity index (χ0n) is 15.3. The lowest BCUT2D eigenvalue weighted by Gasteiger charge is -2.30. The Labute approximate surface area is 161 Å². The quantitative estimate of drug-likeness (QED) is 0.640. The van der Waals surface area contributed by atoms with Crippen LogP contribution in [0.3, 0.4) is 0 Å². The van der Waals surface area contributed by atoms with Gasteiger partial charge in [0, 0.05) is 24.6 Å². The molecule has 0 saturated carbocycles. The van der Waals surface area contributed by atoms with Crippen LogP contribution in [0.25, 0.3) is 11.7 Å². The number of piperidine rings is 1. The number of hydrogen-bond acceptors (Lipinski definition) is 7. The van der Waals surface area contributed by atoms with E-state index in [1.54, 1.807) is 47.6 Å². The summed E-state index contributed by atoms with van der Waals surface area (Å²) in [6.45, 7) is 1.20. The van der Waals surface area contributed by atoms with Crippen molar-refractivity contribution in [3.8, 4) is 11.7 Å². The SMILES string of the molecule is COC(=O)c1ccc(C(=O)N2CCC(c3nnc(-c4ccco4)o3)CC2)cc1. The molecular formula is C20H19N3O5. The molecule has 1 aromatic carbocycles. The molecule has 0 bridgehead atoms. The van der Waals surface area contributed by atoms with E-state index in [4.69, 9.17) is 8.83 Å². The van der Waals surface area contributed by atoms with Crippen LogP contribution in [-0.4, -0.2) is 47.2 Å². The lowest BCUT2D eigenvalue weighted by atomic mass is 9.96. The minimum absolute atomic E-state index is 0.0586. The number of esters is 1. The molecule has 0 radical (unpaired) electrons. The second-order valence-corrected chi connectivity index (χ2v) is 6.56. The van der Waals surface area contributed by atoms with Crippen molar-refractivity contribution < 1.29 is 23.2 Å². The van der Waals surface area contributed by atoms with E-state index in [0.717, 1.165) is 12.8 Å². The molecule has 0 unspecified atom stereocenters. The monoisotopic (exact) mass is 381 g/mol. The number of rotatable bonds is 4. The number of nitrogens with zero attached hydrogens (tertiary/aromatic N) is 3. The molecule has 1 amide bonds. The molecule has 1 aliphatic heterocycles. The molecule has 8 nitrogen and oxygen atoms in total. The van der Waals surface area contributed by atoms with Gasteiger partial charge in [-0.2, -0.15) is 0 Å². The highest BCUT2D eigenvalue weighted by Gasteiger charge is 2.28. The fourth-order valence-corrected chi connectivity index (χ4v) is 3.28. The molecule has 144 valence electrons. The third-order valence-corrected chi connectivity index (χ3v) is 4.86. The van der Waals surface area contributed by atoms with Crippen molar-refractivity contribution >= 4 is 11.9 Å². The number of aromatic nitrogens is 2. The van der Waals surface area contributed by atoms with E-state index in [9.17, 15) is 9.59 Å². The van der Waals surface area contributed by atoms with E-state index in [1.807, 2.05) is 0 Å².